The van der Waals surface area contributed by atoms with Gasteiger partial charge in [-0.05, 0) is 49.9 Å². The molecule has 4 heteroatoms. The van der Waals surface area contributed by atoms with Gasteiger partial charge in [-0.15, -0.1) is 0 Å². The van der Waals surface area contributed by atoms with Crippen molar-refractivity contribution in [1.82, 2.24) is 0 Å². The summed E-state index contributed by atoms with van der Waals surface area (Å²) in [6, 6.07) is 0. The van der Waals surface area contributed by atoms with Crippen molar-refractivity contribution in [1.29, 1.82) is 0 Å². The van der Waals surface area contributed by atoms with Gasteiger partial charge in [0.05, 0.1) is 19.1 Å². The Balaban J connectivity index is 3.62. The van der Waals surface area contributed by atoms with Crippen LogP contribution in [0.2, 0.25) is 0 Å². The molecule has 0 aliphatic rings. The molecule has 0 amide bonds. The summed E-state index contributed by atoms with van der Waals surface area (Å²) in [5.41, 5.74) is 0. The van der Waals surface area contributed by atoms with Crippen molar-refractivity contribution in [2.24, 2.45) is 23.7 Å². The largest absolute Gasteiger partial charge is 0.466 e. The first kappa shape index (κ1) is 40.9. The van der Waals surface area contributed by atoms with Gasteiger partial charge in [-0.1, -0.05) is 157 Å². The zero-order valence-electron chi connectivity index (χ0n) is 29.3. The van der Waals surface area contributed by atoms with Crippen molar-refractivity contribution < 1.29 is 19.1 Å². The lowest BCUT2D eigenvalue weighted by atomic mass is 9.84. The molecule has 0 heterocycles. The maximum Gasteiger partial charge on any atom is 0.309 e. The maximum atomic E-state index is 12.7. The highest BCUT2D eigenvalue weighted by Crippen LogP contribution is 2.27. The number of unbranched alkanes of at least 4 members (excludes halogenated alkanes) is 15. The average Bonchev–Trinajstić information content (AvgIpc) is 2.95. The Bertz CT molecular complexity index is 600. The van der Waals surface area contributed by atoms with Crippen LogP contribution in [0.3, 0.4) is 0 Å². The molecule has 0 rings (SSSR count). The van der Waals surface area contributed by atoms with Crippen LogP contribution in [-0.2, 0) is 19.1 Å². The molecule has 0 aromatic carbocycles. The zero-order chi connectivity index (χ0) is 31.3. The molecule has 0 N–H and O–H groups in total. The van der Waals surface area contributed by atoms with Crippen molar-refractivity contribution in [3.8, 4) is 0 Å². The molecule has 0 fully saturated rings. The Morgan fingerprint density at radius 1 is 0.476 bits per heavy atom. The van der Waals surface area contributed by atoms with Gasteiger partial charge >= 0.3 is 11.9 Å². The quantitative estimate of drug-likeness (QED) is 0.0591. The summed E-state index contributed by atoms with van der Waals surface area (Å²) in [6.45, 7) is 14.6. The second kappa shape index (κ2) is 30.0. The van der Waals surface area contributed by atoms with Crippen LogP contribution in [0.15, 0.2) is 0 Å². The van der Waals surface area contributed by atoms with E-state index in [-0.39, 0.29) is 17.9 Å². The van der Waals surface area contributed by atoms with Gasteiger partial charge in [0.1, 0.15) is 0 Å². The minimum absolute atomic E-state index is 0.00462. The lowest BCUT2D eigenvalue weighted by Gasteiger charge is -2.23. The third kappa shape index (κ3) is 26.6. The van der Waals surface area contributed by atoms with Crippen LogP contribution in [0.4, 0.5) is 0 Å². The van der Waals surface area contributed by atoms with E-state index in [4.69, 9.17) is 9.47 Å². The average molecular weight is 595 g/mol. The smallest absolute Gasteiger partial charge is 0.309 e. The first-order valence-electron chi connectivity index (χ1n) is 18.6. The monoisotopic (exact) mass is 595 g/mol. The molecule has 2 atom stereocenters. The third-order valence-electron chi connectivity index (χ3n) is 8.90. The van der Waals surface area contributed by atoms with Crippen LogP contribution >= 0.6 is 0 Å². The van der Waals surface area contributed by atoms with Crippen molar-refractivity contribution in [2.75, 3.05) is 13.2 Å². The predicted octanol–water partition coefficient (Wildman–Crippen LogP) is 12.0. The van der Waals surface area contributed by atoms with E-state index >= 15 is 0 Å². The molecule has 0 radical (unpaired) electrons. The predicted molar refractivity (Wildman–Crippen MR) is 181 cm³/mol. The number of rotatable bonds is 31. The molecular weight excluding hydrogens is 520 g/mol. The second-order valence-electron chi connectivity index (χ2n) is 13.8. The molecule has 42 heavy (non-hydrogen) atoms. The molecule has 250 valence electrons. The van der Waals surface area contributed by atoms with Gasteiger partial charge in [-0.2, -0.15) is 0 Å². The Hall–Kier alpha value is -1.06. The zero-order valence-corrected chi connectivity index (χ0v) is 29.3. The normalized spacial score (nSPS) is 13.0. The summed E-state index contributed by atoms with van der Waals surface area (Å²) in [7, 11) is 0. The van der Waals surface area contributed by atoms with E-state index in [1.807, 2.05) is 0 Å². The van der Waals surface area contributed by atoms with E-state index < -0.39 is 0 Å². The molecule has 0 aromatic heterocycles. The molecule has 0 spiro atoms. The molecule has 0 bridgehead atoms. The summed E-state index contributed by atoms with van der Waals surface area (Å²) >= 11 is 0. The molecule has 0 saturated heterocycles. The summed E-state index contributed by atoms with van der Waals surface area (Å²) in [5.74, 6) is 2.13. The fourth-order valence-electron chi connectivity index (χ4n) is 6.03. The van der Waals surface area contributed by atoms with E-state index in [0.717, 1.165) is 63.2 Å². The van der Waals surface area contributed by atoms with Crippen LogP contribution in [0.5, 0.6) is 0 Å². The minimum atomic E-state index is -0.00462. The third-order valence-corrected chi connectivity index (χ3v) is 8.90. The highest BCUT2D eigenvalue weighted by Gasteiger charge is 2.26. The fraction of sp³-hybridized carbons (Fsp3) is 0.947. The summed E-state index contributed by atoms with van der Waals surface area (Å²) in [4.78, 5) is 24.6. The van der Waals surface area contributed by atoms with Crippen molar-refractivity contribution in [3.63, 3.8) is 0 Å². The number of hydrogen-bond acceptors (Lipinski definition) is 4. The summed E-state index contributed by atoms with van der Waals surface area (Å²) in [5, 5.41) is 0. The van der Waals surface area contributed by atoms with Crippen LogP contribution in [0, 0.1) is 23.7 Å². The molecule has 2 unspecified atom stereocenters. The van der Waals surface area contributed by atoms with Gasteiger partial charge in [0.15, 0.2) is 0 Å². The van der Waals surface area contributed by atoms with E-state index in [2.05, 4.69) is 41.5 Å². The SMILES string of the molecule is CCC(CCCCCCCCCCCCCCC(=O)OCCCCCC(C)C)C(CC)C(=O)OCCCCCC(C)C. The number of esters is 2. The molecule has 0 aliphatic carbocycles. The van der Waals surface area contributed by atoms with Crippen LogP contribution < -0.4 is 0 Å². The van der Waals surface area contributed by atoms with E-state index in [9.17, 15) is 9.59 Å². The van der Waals surface area contributed by atoms with Gasteiger partial charge in [-0.3, -0.25) is 9.59 Å². The van der Waals surface area contributed by atoms with E-state index in [1.165, 1.54) is 96.3 Å². The van der Waals surface area contributed by atoms with Gasteiger partial charge in [0.25, 0.3) is 0 Å². The Morgan fingerprint density at radius 2 is 0.881 bits per heavy atom. The summed E-state index contributed by atoms with van der Waals surface area (Å²) < 4.78 is 11.1. The number of carbonyl (C=O) groups is 2. The lowest BCUT2D eigenvalue weighted by Crippen LogP contribution is -2.25. The Labute approximate surface area is 263 Å². The molecule has 0 saturated carbocycles. The molecule has 0 aromatic rings. The van der Waals surface area contributed by atoms with Crippen LogP contribution in [-0.4, -0.2) is 25.2 Å². The highest BCUT2D eigenvalue weighted by atomic mass is 16.5. The van der Waals surface area contributed by atoms with E-state index in [1.54, 1.807) is 0 Å². The lowest BCUT2D eigenvalue weighted by molar-refractivity contribution is -0.151. The summed E-state index contributed by atoms with van der Waals surface area (Å²) in [6.07, 6.45) is 28.3. The molecule has 0 aliphatic heterocycles. The van der Waals surface area contributed by atoms with Crippen LogP contribution in [0.1, 0.15) is 196 Å². The fourth-order valence-corrected chi connectivity index (χ4v) is 6.03. The standard InChI is InChI=1S/C38H74O4/c1-7-35(36(8-2)38(40)42-32-26-20-22-28-34(5)6)29-23-17-15-13-11-9-10-12-14-16-18-24-30-37(39)41-31-25-19-21-27-33(3)4/h33-36H,7-32H2,1-6H3. The van der Waals surface area contributed by atoms with Gasteiger partial charge < -0.3 is 9.47 Å². The number of hydrogen-bond donors (Lipinski definition) is 0. The van der Waals surface area contributed by atoms with Gasteiger partial charge in [0, 0.05) is 6.42 Å². The Morgan fingerprint density at radius 3 is 1.33 bits per heavy atom. The molecular formula is C38H74O4. The molecule has 4 nitrogen and oxygen atoms in total. The van der Waals surface area contributed by atoms with Crippen LogP contribution in [0.25, 0.3) is 0 Å². The van der Waals surface area contributed by atoms with Crippen molar-refractivity contribution in [2.45, 2.75) is 196 Å². The van der Waals surface area contributed by atoms with Crippen molar-refractivity contribution in [3.05, 3.63) is 0 Å². The topological polar surface area (TPSA) is 52.6 Å². The number of ether oxygens (including phenoxy) is 2. The van der Waals surface area contributed by atoms with Crippen molar-refractivity contribution >= 4 is 11.9 Å². The maximum absolute atomic E-state index is 12.7. The first-order chi connectivity index (χ1) is 20.3. The Kier molecular flexibility index (Phi) is 29.2. The van der Waals surface area contributed by atoms with Gasteiger partial charge in [0.2, 0.25) is 0 Å². The second-order valence-corrected chi connectivity index (χ2v) is 13.8. The highest BCUT2D eigenvalue weighted by molar-refractivity contribution is 5.72. The number of carbonyl (C=O) groups excluding carboxylic acids is 2. The first-order valence-corrected chi connectivity index (χ1v) is 18.6. The minimum Gasteiger partial charge on any atom is -0.466 e. The van der Waals surface area contributed by atoms with E-state index in [0.29, 0.717) is 25.6 Å². The van der Waals surface area contributed by atoms with Gasteiger partial charge in [-0.25, -0.2) is 0 Å².